The van der Waals surface area contributed by atoms with Crippen molar-refractivity contribution in [1.29, 1.82) is 0 Å². The molecule has 8 heteroatoms. The summed E-state index contributed by atoms with van der Waals surface area (Å²) in [5.74, 6) is -1.23. The molecule has 0 spiro atoms. The summed E-state index contributed by atoms with van der Waals surface area (Å²) in [6, 6.07) is 5.56. The fourth-order valence-electron chi connectivity index (χ4n) is 1.95. The lowest BCUT2D eigenvalue weighted by Gasteiger charge is -2.18. The van der Waals surface area contributed by atoms with Gasteiger partial charge in [-0.3, -0.25) is 4.79 Å². The minimum absolute atomic E-state index is 0.0109. The SMILES string of the molecule is C=CCNC(=O)COC(=O)c1cccc(S(=O)(=O)N(CC)CC)c1. The first-order valence-electron chi connectivity index (χ1n) is 7.51. The van der Waals surface area contributed by atoms with Crippen molar-refractivity contribution in [2.75, 3.05) is 26.2 Å². The molecule has 7 nitrogen and oxygen atoms in total. The minimum atomic E-state index is -3.67. The van der Waals surface area contributed by atoms with Gasteiger partial charge in [-0.1, -0.05) is 26.0 Å². The van der Waals surface area contributed by atoms with Crippen molar-refractivity contribution >= 4 is 21.9 Å². The summed E-state index contributed by atoms with van der Waals surface area (Å²) in [6.07, 6.45) is 1.50. The number of amides is 1. The predicted octanol–water partition coefficient (Wildman–Crippen LogP) is 1.18. The van der Waals surface area contributed by atoms with Crippen LogP contribution in [0.15, 0.2) is 41.8 Å². The standard InChI is InChI=1S/C16H22N2O5S/c1-4-10-17-15(19)12-23-16(20)13-8-7-9-14(11-13)24(21,22)18(5-2)6-3/h4,7-9,11H,1,5-6,10,12H2,2-3H3,(H,17,19). The fourth-order valence-corrected chi connectivity index (χ4v) is 3.45. The van der Waals surface area contributed by atoms with Gasteiger partial charge in [0.1, 0.15) is 0 Å². The van der Waals surface area contributed by atoms with Crippen molar-refractivity contribution < 1.29 is 22.7 Å². The quantitative estimate of drug-likeness (QED) is 0.531. The van der Waals surface area contributed by atoms with Gasteiger partial charge in [-0.05, 0) is 18.2 Å². The van der Waals surface area contributed by atoms with Gasteiger partial charge >= 0.3 is 5.97 Å². The normalized spacial score (nSPS) is 11.1. The summed E-state index contributed by atoms with van der Waals surface area (Å²) in [4.78, 5) is 23.4. The number of nitrogens with one attached hydrogen (secondary N) is 1. The Bertz CT molecular complexity index is 696. The molecule has 0 aliphatic heterocycles. The third kappa shape index (κ3) is 5.17. The summed E-state index contributed by atoms with van der Waals surface area (Å²) < 4.78 is 31.1. The van der Waals surface area contributed by atoms with E-state index < -0.39 is 28.5 Å². The van der Waals surface area contributed by atoms with Crippen molar-refractivity contribution in [1.82, 2.24) is 9.62 Å². The van der Waals surface area contributed by atoms with Gasteiger partial charge in [0, 0.05) is 19.6 Å². The largest absolute Gasteiger partial charge is 0.452 e. The van der Waals surface area contributed by atoms with Crippen LogP contribution in [0.4, 0.5) is 0 Å². The highest BCUT2D eigenvalue weighted by Gasteiger charge is 2.22. The number of ether oxygens (including phenoxy) is 1. The highest BCUT2D eigenvalue weighted by atomic mass is 32.2. The first-order chi connectivity index (χ1) is 11.4. The molecule has 0 saturated heterocycles. The molecule has 0 bridgehead atoms. The predicted molar refractivity (Wildman–Crippen MR) is 90.0 cm³/mol. The van der Waals surface area contributed by atoms with E-state index >= 15 is 0 Å². The summed E-state index contributed by atoms with van der Waals surface area (Å²) in [6.45, 7) is 7.41. The van der Waals surface area contributed by atoms with Gasteiger partial charge in [0.15, 0.2) is 6.61 Å². The smallest absolute Gasteiger partial charge is 0.338 e. The minimum Gasteiger partial charge on any atom is -0.452 e. The van der Waals surface area contributed by atoms with Crippen LogP contribution in [0.3, 0.4) is 0 Å². The molecule has 0 radical (unpaired) electrons. The highest BCUT2D eigenvalue weighted by molar-refractivity contribution is 7.89. The van der Waals surface area contributed by atoms with Gasteiger partial charge < -0.3 is 10.1 Å². The highest BCUT2D eigenvalue weighted by Crippen LogP contribution is 2.17. The molecule has 0 atom stereocenters. The molecule has 1 amide bonds. The average Bonchev–Trinajstić information content (AvgIpc) is 2.58. The summed E-state index contributed by atoms with van der Waals surface area (Å²) in [7, 11) is -3.67. The molecule has 1 rings (SSSR count). The number of hydrogen-bond acceptors (Lipinski definition) is 5. The zero-order valence-corrected chi connectivity index (χ0v) is 14.6. The van der Waals surface area contributed by atoms with Crippen molar-refractivity contribution in [2.45, 2.75) is 18.7 Å². The monoisotopic (exact) mass is 354 g/mol. The zero-order chi connectivity index (χ0) is 18.2. The number of rotatable bonds is 9. The molecule has 1 aromatic carbocycles. The summed E-state index contributed by atoms with van der Waals surface area (Å²) in [5, 5.41) is 2.47. The summed E-state index contributed by atoms with van der Waals surface area (Å²) in [5.41, 5.74) is 0.0692. The van der Waals surface area contributed by atoms with Crippen molar-refractivity contribution in [2.24, 2.45) is 0 Å². The second-order valence-corrected chi connectivity index (χ2v) is 6.72. The van der Waals surface area contributed by atoms with Crippen LogP contribution >= 0.6 is 0 Å². The molecular weight excluding hydrogens is 332 g/mol. The molecule has 0 saturated carbocycles. The van der Waals surface area contributed by atoms with Gasteiger partial charge in [0.05, 0.1) is 10.5 Å². The van der Waals surface area contributed by atoms with Gasteiger partial charge in [0.2, 0.25) is 10.0 Å². The van der Waals surface area contributed by atoms with Crippen molar-refractivity contribution in [3.05, 3.63) is 42.5 Å². The van der Waals surface area contributed by atoms with Crippen LogP contribution < -0.4 is 5.32 Å². The number of esters is 1. The van der Waals surface area contributed by atoms with Gasteiger partial charge in [0.25, 0.3) is 5.91 Å². The molecule has 1 N–H and O–H groups in total. The second-order valence-electron chi connectivity index (χ2n) is 4.79. The van der Waals surface area contributed by atoms with Crippen LogP contribution in [-0.4, -0.2) is 50.8 Å². The Balaban J connectivity index is 2.86. The number of carbonyl (C=O) groups excluding carboxylic acids is 2. The molecule has 0 aromatic heterocycles. The van der Waals surface area contributed by atoms with Gasteiger partial charge in [-0.15, -0.1) is 6.58 Å². The van der Waals surface area contributed by atoms with Gasteiger partial charge in [-0.2, -0.15) is 4.31 Å². The number of carbonyl (C=O) groups is 2. The Morgan fingerprint density at radius 3 is 2.54 bits per heavy atom. The van der Waals surface area contributed by atoms with E-state index in [1.807, 2.05) is 0 Å². The fraction of sp³-hybridized carbons (Fsp3) is 0.375. The maximum absolute atomic E-state index is 12.5. The van der Waals surface area contributed by atoms with E-state index in [9.17, 15) is 18.0 Å². The van der Waals surface area contributed by atoms with E-state index in [1.54, 1.807) is 13.8 Å². The lowest BCUT2D eigenvalue weighted by Crippen LogP contribution is -2.31. The molecule has 24 heavy (non-hydrogen) atoms. The molecular formula is C16H22N2O5S. The molecule has 1 aromatic rings. The summed E-state index contributed by atoms with van der Waals surface area (Å²) >= 11 is 0. The van der Waals surface area contributed by atoms with Gasteiger partial charge in [-0.25, -0.2) is 13.2 Å². The van der Waals surface area contributed by atoms with Crippen LogP contribution in [0, 0.1) is 0 Å². The molecule has 0 fully saturated rings. The number of hydrogen-bond donors (Lipinski definition) is 1. The molecule has 0 heterocycles. The Morgan fingerprint density at radius 1 is 1.29 bits per heavy atom. The first kappa shape index (κ1) is 19.9. The lowest BCUT2D eigenvalue weighted by atomic mass is 10.2. The Hall–Kier alpha value is -2.19. The number of nitrogens with zero attached hydrogens (tertiary/aromatic N) is 1. The van der Waals surface area contributed by atoms with E-state index in [0.29, 0.717) is 13.1 Å². The molecule has 0 aliphatic carbocycles. The lowest BCUT2D eigenvalue weighted by molar-refractivity contribution is -0.124. The maximum Gasteiger partial charge on any atom is 0.338 e. The Morgan fingerprint density at radius 2 is 1.96 bits per heavy atom. The van der Waals surface area contributed by atoms with E-state index in [1.165, 1.54) is 34.6 Å². The van der Waals surface area contributed by atoms with E-state index in [2.05, 4.69) is 11.9 Å². The maximum atomic E-state index is 12.5. The third-order valence-corrected chi connectivity index (χ3v) is 5.24. The van der Waals surface area contributed by atoms with Crippen molar-refractivity contribution in [3.8, 4) is 0 Å². The number of sulfonamides is 1. The molecule has 132 valence electrons. The number of benzene rings is 1. The third-order valence-electron chi connectivity index (χ3n) is 3.19. The average molecular weight is 354 g/mol. The zero-order valence-electron chi connectivity index (χ0n) is 13.8. The van der Waals surface area contributed by atoms with E-state index in [0.717, 1.165) is 0 Å². The Kier molecular flexibility index (Phi) is 7.60. The second kappa shape index (κ2) is 9.19. The topological polar surface area (TPSA) is 92.8 Å². The van der Waals surface area contributed by atoms with E-state index in [4.69, 9.17) is 4.74 Å². The Labute approximate surface area is 142 Å². The van der Waals surface area contributed by atoms with Crippen LogP contribution in [0.2, 0.25) is 0 Å². The van der Waals surface area contributed by atoms with Crippen LogP contribution in [0.25, 0.3) is 0 Å². The molecule has 0 aliphatic rings. The molecule has 0 unspecified atom stereocenters. The van der Waals surface area contributed by atoms with Crippen LogP contribution in [0.1, 0.15) is 24.2 Å². The first-order valence-corrected chi connectivity index (χ1v) is 8.95. The van der Waals surface area contributed by atoms with Crippen LogP contribution in [0.5, 0.6) is 0 Å². The van der Waals surface area contributed by atoms with Crippen molar-refractivity contribution in [3.63, 3.8) is 0 Å². The van der Waals surface area contributed by atoms with E-state index in [-0.39, 0.29) is 17.0 Å². The van der Waals surface area contributed by atoms with Crippen LogP contribution in [-0.2, 0) is 19.6 Å².